The van der Waals surface area contributed by atoms with E-state index in [1.165, 1.54) is 16.0 Å². The molecule has 3 aromatic rings. The van der Waals surface area contributed by atoms with Gasteiger partial charge in [0.2, 0.25) is 5.95 Å². The number of nitrogens with zero attached hydrogens (tertiary/aromatic N) is 4. The molecule has 9 nitrogen and oxygen atoms in total. The lowest BCUT2D eigenvalue weighted by molar-refractivity contribution is 0.000808. The molecular weight excluding hydrogens is 460 g/mol. The highest BCUT2D eigenvalue weighted by molar-refractivity contribution is 6.00. The molecule has 2 aliphatic rings. The van der Waals surface area contributed by atoms with Gasteiger partial charge in [0.25, 0.3) is 5.91 Å². The van der Waals surface area contributed by atoms with Crippen LogP contribution in [0.2, 0.25) is 0 Å². The molecule has 0 spiro atoms. The molecule has 0 aliphatic carbocycles. The molecule has 5 rings (SSSR count). The fourth-order valence-corrected chi connectivity index (χ4v) is 4.52. The first-order valence-corrected chi connectivity index (χ1v) is 11.3. The van der Waals surface area contributed by atoms with E-state index in [-0.39, 0.29) is 31.9 Å². The molecule has 0 unspecified atom stereocenters. The van der Waals surface area contributed by atoms with Crippen LogP contribution in [0.25, 0.3) is 22.2 Å². The lowest BCUT2D eigenvalue weighted by Crippen LogP contribution is -2.58. The number of pyridine rings is 1. The number of halogens is 2. The number of aromatic nitrogens is 3. The van der Waals surface area contributed by atoms with Crippen molar-refractivity contribution in [1.29, 1.82) is 0 Å². The lowest BCUT2D eigenvalue weighted by atomic mass is 9.99. The first kappa shape index (κ1) is 23.0. The first-order chi connectivity index (χ1) is 16.5. The fourth-order valence-electron chi connectivity index (χ4n) is 4.52. The van der Waals surface area contributed by atoms with E-state index >= 15 is 8.78 Å². The second kappa shape index (κ2) is 8.17. The summed E-state index contributed by atoms with van der Waals surface area (Å²) in [6.07, 6.45) is 0.997. The second-order valence-electron chi connectivity index (χ2n) is 9.75. The lowest BCUT2D eigenvalue weighted by Gasteiger charge is -2.40. The predicted octanol–water partition coefficient (Wildman–Crippen LogP) is 3.67. The van der Waals surface area contributed by atoms with Crippen LogP contribution in [-0.4, -0.2) is 74.9 Å². The zero-order valence-electron chi connectivity index (χ0n) is 19.8. The van der Waals surface area contributed by atoms with Crippen molar-refractivity contribution >= 4 is 22.9 Å². The van der Waals surface area contributed by atoms with Crippen molar-refractivity contribution in [1.82, 2.24) is 25.0 Å². The van der Waals surface area contributed by atoms with E-state index in [1.54, 1.807) is 39.8 Å². The number of hydrogen-bond acceptors (Lipinski definition) is 6. The molecule has 1 N–H and O–H groups in total. The number of ether oxygens (including phenoxy) is 2. The normalized spacial score (nSPS) is 18.1. The van der Waals surface area contributed by atoms with Crippen molar-refractivity contribution in [3.63, 3.8) is 0 Å². The maximum atomic E-state index is 15.8. The zero-order valence-corrected chi connectivity index (χ0v) is 19.8. The summed E-state index contributed by atoms with van der Waals surface area (Å²) in [4.78, 5) is 32.5. The van der Waals surface area contributed by atoms with Crippen LogP contribution >= 0.6 is 0 Å². The number of carbonyl (C=O) groups is 2. The molecule has 0 bridgehead atoms. The third-order valence-electron chi connectivity index (χ3n) is 6.15. The Labute approximate surface area is 200 Å². The summed E-state index contributed by atoms with van der Waals surface area (Å²) in [5.41, 5.74) is 0.188. The summed E-state index contributed by atoms with van der Waals surface area (Å²) >= 11 is 0. The number of carbonyl (C=O) groups excluding carboxylic acids is 2. The third-order valence-corrected chi connectivity index (χ3v) is 6.15. The predicted molar refractivity (Wildman–Crippen MR) is 122 cm³/mol. The topological polar surface area (TPSA) is 101 Å². The highest BCUT2D eigenvalue weighted by atomic mass is 19.1. The van der Waals surface area contributed by atoms with Crippen LogP contribution in [0.3, 0.4) is 0 Å². The molecule has 11 heteroatoms. The van der Waals surface area contributed by atoms with Crippen molar-refractivity contribution in [2.75, 3.05) is 26.2 Å². The Kier molecular flexibility index (Phi) is 5.37. The molecule has 1 aromatic carbocycles. The van der Waals surface area contributed by atoms with Crippen molar-refractivity contribution in [3.05, 3.63) is 41.2 Å². The van der Waals surface area contributed by atoms with Gasteiger partial charge in [0, 0.05) is 30.6 Å². The van der Waals surface area contributed by atoms with E-state index in [9.17, 15) is 9.59 Å². The number of hydrogen-bond donors (Lipinski definition) is 1. The third kappa shape index (κ3) is 3.94. The quantitative estimate of drug-likeness (QED) is 0.528. The van der Waals surface area contributed by atoms with Gasteiger partial charge < -0.3 is 19.3 Å². The Morgan fingerprint density at radius 3 is 2.74 bits per heavy atom. The van der Waals surface area contributed by atoms with Crippen molar-refractivity contribution in [3.8, 4) is 17.0 Å². The molecule has 0 radical (unpaired) electrons. The summed E-state index contributed by atoms with van der Waals surface area (Å²) in [6, 6.07) is 2.93. The number of nitrogens with one attached hydrogen (secondary N) is 1. The first-order valence-electron chi connectivity index (χ1n) is 11.3. The number of piperazine rings is 1. The molecule has 2 amide bonds. The Morgan fingerprint density at radius 2 is 2.00 bits per heavy atom. The standard InChI is InChI=1S/C24H25F2N5O4/c1-12-5-6-15-14(9-27-29-15)16(12)19-18(25)20-17(21(26)28-19)22(32)31-8-7-30(10-13(31)11-34-20)23(33)35-24(2,3)4/h5-6,9,13H,7-8,10-11H2,1-4H3,(H,27,29)/t13-/m1/s1. The minimum atomic E-state index is -1.11. The Balaban J connectivity index is 1.51. The maximum absolute atomic E-state index is 15.8. The molecule has 2 aromatic heterocycles. The largest absolute Gasteiger partial charge is 0.487 e. The van der Waals surface area contributed by atoms with Crippen molar-refractivity contribution < 1.29 is 27.8 Å². The van der Waals surface area contributed by atoms with Crippen LogP contribution in [0, 0.1) is 18.7 Å². The number of benzene rings is 1. The monoisotopic (exact) mass is 485 g/mol. The van der Waals surface area contributed by atoms with Gasteiger partial charge >= 0.3 is 6.09 Å². The minimum absolute atomic E-state index is 0.117. The molecule has 0 saturated carbocycles. The highest BCUT2D eigenvalue weighted by Gasteiger charge is 2.41. The van der Waals surface area contributed by atoms with Crippen molar-refractivity contribution in [2.24, 2.45) is 0 Å². The van der Waals surface area contributed by atoms with Crippen LogP contribution in [0.15, 0.2) is 18.3 Å². The van der Waals surface area contributed by atoms with Gasteiger partial charge in [0.15, 0.2) is 11.6 Å². The van der Waals surface area contributed by atoms with Crippen LogP contribution in [0.5, 0.6) is 5.75 Å². The summed E-state index contributed by atoms with van der Waals surface area (Å²) in [5, 5.41) is 7.36. The molecule has 4 heterocycles. The number of aromatic amines is 1. The van der Waals surface area contributed by atoms with Gasteiger partial charge in [-0.1, -0.05) is 6.07 Å². The van der Waals surface area contributed by atoms with Crippen LogP contribution in [-0.2, 0) is 4.74 Å². The Hall–Kier alpha value is -3.76. The van der Waals surface area contributed by atoms with E-state index in [4.69, 9.17) is 9.47 Å². The van der Waals surface area contributed by atoms with Crippen LogP contribution in [0.1, 0.15) is 36.7 Å². The van der Waals surface area contributed by atoms with Crippen molar-refractivity contribution in [2.45, 2.75) is 39.3 Å². The highest BCUT2D eigenvalue weighted by Crippen LogP contribution is 2.39. The van der Waals surface area contributed by atoms with Gasteiger partial charge in [0.1, 0.15) is 23.5 Å². The van der Waals surface area contributed by atoms with Gasteiger partial charge in [-0.2, -0.15) is 9.49 Å². The Morgan fingerprint density at radius 1 is 1.23 bits per heavy atom. The number of H-pyrrole nitrogens is 1. The van der Waals surface area contributed by atoms with Gasteiger partial charge in [0.05, 0.1) is 17.8 Å². The molecule has 1 saturated heterocycles. The second-order valence-corrected chi connectivity index (χ2v) is 9.75. The molecule has 2 aliphatic heterocycles. The summed E-state index contributed by atoms with van der Waals surface area (Å²) in [6.45, 7) is 7.36. The molecule has 1 fully saturated rings. The molecule has 35 heavy (non-hydrogen) atoms. The van der Waals surface area contributed by atoms with E-state index in [1.807, 2.05) is 0 Å². The van der Waals surface area contributed by atoms with Crippen LogP contribution in [0.4, 0.5) is 13.6 Å². The maximum Gasteiger partial charge on any atom is 0.410 e. The summed E-state index contributed by atoms with van der Waals surface area (Å²) in [5.74, 6) is -3.23. The van der Waals surface area contributed by atoms with Gasteiger partial charge in [-0.05, 0) is 39.3 Å². The minimum Gasteiger partial charge on any atom is -0.487 e. The SMILES string of the molecule is Cc1ccc2[nH]ncc2c1-c1nc(F)c2c(c1F)OC[C@H]1CN(C(=O)OC(C)(C)C)CCN1C2=O. The summed E-state index contributed by atoms with van der Waals surface area (Å²) in [7, 11) is 0. The number of amides is 2. The Bertz CT molecular complexity index is 1350. The van der Waals surface area contributed by atoms with E-state index in [0.29, 0.717) is 22.0 Å². The number of fused-ring (bicyclic) bond motifs is 3. The average Bonchev–Trinajstić information content (AvgIpc) is 3.20. The zero-order chi connectivity index (χ0) is 25.1. The fraction of sp³-hybridized carbons (Fsp3) is 0.417. The smallest absolute Gasteiger partial charge is 0.410 e. The van der Waals surface area contributed by atoms with Gasteiger partial charge in [-0.25, -0.2) is 14.2 Å². The molecule has 184 valence electrons. The van der Waals surface area contributed by atoms with Gasteiger partial charge in [-0.15, -0.1) is 0 Å². The van der Waals surface area contributed by atoms with E-state index < -0.39 is 46.7 Å². The summed E-state index contributed by atoms with van der Waals surface area (Å²) < 4.78 is 42.3. The van der Waals surface area contributed by atoms with Crippen LogP contribution < -0.4 is 4.74 Å². The number of rotatable bonds is 1. The number of aryl methyl sites for hydroxylation is 1. The molecular formula is C24H25F2N5O4. The molecule has 1 atom stereocenters. The van der Waals surface area contributed by atoms with E-state index in [0.717, 1.165) is 0 Å². The average molecular weight is 485 g/mol. The van der Waals surface area contributed by atoms with E-state index in [2.05, 4.69) is 15.2 Å². The van der Waals surface area contributed by atoms with Gasteiger partial charge in [-0.3, -0.25) is 9.89 Å².